The number of ether oxygens (including phenoxy) is 1. The molecule has 6 heteroatoms. The summed E-state index contributed by atoms with van der Waals surface area (Å²) in [5.74, 6) is -0.0765. The molecular formula is C18H18N2O4. The molecule has 1 heterocycles. The van der Waals surface area contributed by atoms with Crippen LogP contribution >= 0.6 is 0 Å². The third-order valence-corrected chi connectivity index (χ3v) is 4.52. The molecular weight excluding hydrogens is 308 g/mol. The largest absolute Gasteiger partial charge is 0.497 e. The van der Waals surface area contributed by atoms with Crippen molar-refractivity contribution < 1.29 is 14.5 Å². The van der Waals surface area contributed by atoms with Gasteiger partial charge in [-0.15, -0.1) is 0 Å². The van der Waals surface area contributed by atoms with Gasteiger partial charge < -0.3 is 9.64 Å². The second kappa shape index (κ2) is 6.31. The summed E-state index contributed by atoms with van der Waals surface area (Å²) < 4.78 is 5.14. The van der Waals surface area contributed by atoms with Crippen molar-refractivity contribution in [3.63, 3.8) is 0 Å². The quantitative estimate of drug-likeness (QED) is 0.480. The van der Waals surface area contributed by atoms with Crippen molar-refractivity contribution in [2.24, 2.45) is 0 Å². The van der Waals surface area contributed by atoms with Gasteiger partial charge in [0.05, 0.1) is 24.0 Å². The Kier molecular flexibility index (Phi) is 4.20. The standard InChI is InChI=1S/C18H18N2O4/c1-12(13-6-4-3-5-7-13)19-11-16(18(19)21)15-10-14(24-2)8-9-17(15)20(22)23/h3-10,12,16H,11H2,1-2H3/t12-,16?/m0/s1. The number of rotatable bonds is 5. The van der Waals surface area contributed by atoms with Crippen LogP contribution in [-0.2, 0) is 4.79 Å². The summed E-state index contributed by atoms with van der Waals surface area (Å²) in [7, 11) is 1.50. The molecule has 1 amide bonds. The number of nitrogens with zero attached hydrogens (tertiary/aromatic N) is 2. The molecule has 0 N–H and O–H groups in total. The molecule has 24 heavy (non-hydrogen) atoms. The van der Waals surface area contributed by atoms with Crippen LogP contribution in [0.4, 0.5) is 5.69 Å². The van der Waals surface area contributed by atoms with Gasteiger partial charge in [0.25, 0.3) is 5.69 Å². The van der Waals surface area contributed by atoms with E-state index in [0.29, 0.717) is 17.9 Å². The summed E-state index contributed by atoms with van der Waals surface area (Å²) in [6.07, 6.45) is 0. The number of likely N-dealkylation sites (tertiary alicyclic amines) is 1. The Labute approximate surface area is 139 Å². The summed E-state index contributed by atoms with van der Waals surface area (Å²) in [6, 6.07) is 14.2. The van der Waals surface area contributed by atoms with Crippen LogP contribution in [0.5, 0.6) is 5.75 Å². The SMILES string of the molecule is COc1ccc([N+](=O)[O-])c(C2CN([C@@H](C)c3ccccc3)C2=O)c1. The van der Waals surface area contributed by atoms with E-state index >= 15 is 0 Å². The van der Waals surface area contributed by atoms with E-state index in [1.54, 1.807) is 11.0 Å². The molecule has 2 atom stereocenters. The second-order valence-corrected chi connectivity index (χ2v) is 5.81. The Morgan fingerprint density at radius 3 is 2.54 bits per heavy atom. The monoisotopic (exact) mass is 326 g/mol. The third kappa shape index (κ3) is 2.71. The second-order valence-electron chi connectivity index (χ2n) is 5.81. The Hall–Kier alpha value is -2.89. The average Bonchev–Trinajstić information content (AvgIpc) is 2.60. The van der Waals surface area contributed by atoms with Crippen molar-refractivity contribution in [2.45, 2.75) is 18.9 Å². The molecule has 2 aromatic rings. The lowest BCUT2D eigenvalue weighted by Gasteiger charge is -2.42. The maximum atomic E-state index is 12.6. The Balaban J connectivity index is 1.84. The first-order valence-electron chi connectivity index (χ1n) is 7.70. The molecule has 2 aromatic carbocycles. The Morgan fingerprint density at radius 1 is 1.25 bits per heavy atom. The van der Waals surface area contributed by atoms with E-state index < -0.39 is 10.8 Å². The summed E-state index contributed by atoms with van der Waals surface area (Å²) in [6.45, 7) is 2.42. The van der Waals surface area contributed by atoms with Gasteiger partial charge in [0.1, 0.15) is 5.75 Å². The summed E-state index contributed by atoms with van der Waals surface area (Å²) in [5.41, 5.74) is 1.42. The lowest BCUT2D eigenvalue weighted by molar-refractivity contribution is -0.385. The zero-order valence-electron chi connectivity index (χ0n) is 13.5. The van der Waals surface area contributed by atoms with E-state index in [1.165, 1.54) is 19.2 Å². The highest BCUT2D eigenvalue weighted by Gasteiger charge is 2.43. The minimum atomic E-state index is -0.494. The molecule has 3 rings (SSSR count). The molecule has 6 nitrogen and oxygen atoms in total. The molecule has 0 aliphatic carbocycles. The van der Waals surface area contributed by atoms with Crippen LogP contribution in [0.2, 0.25) is 0 Å². The fourth-order valence-electron chi connectivity index (χ4n) is 3.05. The average molecular weight is 326 g/mol. The number of carbonyl (C=O) groups excluding carboxylic acids is 1. The van der Waals surface area contributed by atoms with Gasteiger partial charge in [-0.2, -0.15) is 0 Å². The maximum Gasteiger partial charge on any atom is 0.273 e. The van der Waals surface area contributed by atoms with Crippen molar-refractivity contribution in [2.75, 3.05) is 13.7 Å². The molecule has 0 bridgehead atoms. The van der Waals surface area contributed by atoms with Crippen LogP contribution < -0.4 is 4.74 Å². The predicted octanol–water partition coefficient (Wildman–Crippen LogP) is 3.29. The molecule has 1 unspecified atom stereocenters. The highest BCUT2D eigenvalue weighted by Crippen LogP contribution is 2.40. The van der Waals surface area contributed by atoms with Crippen LogP contribution in [0.15, 0.2) is 48.5 Å². The van der Waals surface area contributed by atoms with E-state index in [-0.39, 0.29) is 17.6 Å². The summed E-state index contributed by atoms with van der Waals surface area (Å²) in [5, 5.41) is 11.2. The van der Waals surface area contributed by atoms with Crippen LogP contribution in [0.1, 0.15) is 30.0 Å². The molecule has 0 radical (unpaired) electrons. The lowest BCUT2D eigenvalue weighted by Crippen LogP contribution is -2.51. The first-order valence-corrected chi connectivity index (χ1v) is 7.70. The number of hydrogen-bond acceptors (Lipinski definition) is 4. The molecule has 0 spiro atoms. The first-order chi connectivity index (χ1) is 11.5. The fraction of sp³-hybridized carbons (Fsp3) is 0.278. The number of nitro benzene ring substituents is 1. The van der Waals surface area contributed by atoms with E-state index in [9.17, 15) is 14.9 Å². The van der Waals surface area contributed by atoms with Crippen LogP contribution in [0, 0.1) is 10.1 Å². The van der Waals surface area contributed by atoms with Crippen LogP contribution in [0.3, 0.4) is 0 Å². The highest BCUT2D eigenvalue weighted by molar-refractivity contribution is 5.91. The molecule has 124 valence electrons. The van der Waals surface area contributed by atoms with Crippen molar-refractivity contribution in [3.05, 3.63) is 69.8 Å². The number of carbonyl (C=O) groups is 1. The van der Waals surface area contributed by atoms with Gasteiger partial charge in [-0.3, -0.25) is 14.9 Å². The van der Waals surface area contributed by atoms with Gasteiger partial charge >= 0.3 is 0 Å². The van der Waals surface area contributed by atoms with E-state index in [0.717, 1.165) is 5.56 Å². The Morgan fingerprint density at radius 2 is 1.96 bits per heavy atom. The summed E-state index contributed by atoms with van der Waals surface area (Å²) >= 11 is 0. The lowest BCUT2D eigenvalue weighted by atomic mass is 9.86. The zero-order valence-corrected chi connectivity index (χ0v) is 13.5. The normalized spacial score (nSPS) is 18.0. The van der Waals surface area contributed by atoms with Crippen molar-refractivity contribution in [1.82, 2.24) is 4.90 Å². The number of β-lactam (4-membered cyclic amide) rings is 1. The topological polar surface area (TPSA) is 72.7 Å². The van der Waals surface area contributed by atoms with Gasteiger partial charge in [0, 0.05) is 18.2 Å². The van der Waals surface area contributed by atoms with E-state index in [4.69, 9.17) is 4.74 Å². The number of benzene rings is 2. The van der Waals surface area contributed by atoms with Gasteiger partial charge in [-0.25, -0.2) is 0 Å². The van der Waals surface area contributed by atoms with Crippen molar-refractivity contribution >= 4 is 11.6 Å². The smallest absolute Gasteiger partial charge is 0.273 e. The van der Waals surface area contributed by atoms with Crippen LogP contribution in [0.25, 0.3) is 0 Å². The number of nitro groups is 1. The van der Waals surface area contributed by atoms with Crippen molar-refractivity contribution in [1.29, 1.82) is 0 Å². The fourth-order valence-corrected chi connectivity index (χ4v) is 3.05. The van der Waals surface area contributed by atoms with Crippen LogP contribution in [-0.4, -0.2) is 29.4 Å². The van der Waals surface area contributed by atoms with Gasteiger partial charge in [0.15, 0.2) is 0 Å². The number of methoxy groups -OCH3 is 1. The minimum Gasteiger partial charge on any atom is -0.497 e. The molecule has 0 saturated carbocycles. The molecule has 1 aliphatic rings. The highest BCUT2D eigenvalue weighted by atomic mass is 16.6. The molecule has 0 aromatic heterocycles. The number of amides is 1. The van der Waals surface area contributed by atoms with Gasteiger partial charge in [0.2, 0.25) is 5.91 Å². The predicted molar refractivity (Wildman–Crippen MR) is 89.0 cm³/mol. The Bertz CT molecular complexity index is 776. The third-order valence-electron chi connectivity index (χ3n) is 4.52. The molecule has 1 fully saturated rings. The molecule has 1 saturated heterocycles. The van der Waals surface area contributed by atoms with Gasteiger partial charge in [-0.05, 0) is 24.6 Å². The number of hydrogen-bond donors (Lipinski definition) is 0. The van der Waals surface area contributed by atoms with E-state index in [2.05, 4.69) is 0 Å². The zero-order chi connectivity index (χ0) is 17.3. The molecule has 1 aliphatic heterocycles. The van der Waals surface area contributed by atoms with E-state index in [1.807, 2.05) is 37.3 Å². The van der Waals surface area contributed by atoms with Crippen molar-refractivity contribution in [3.8, 4) is 5.75 Å². The maximum absolute atomic E-state index is 12.6. The van der Waals surface area contributed by atoms with Gasteiger partial charge in [-0.1, -0.05) is 30.3 Å². The summed E-state index contributed by atoms with van der Waals surface area (Å²) in [4.78, 5) is 25.1. The minimum absolute atomic E-state index is 0.0406. The first kappa shape index (κ1) is 16.0.